The molecule has 0 spiro atoms. The molecule has 0 fully saturated rings. The zero-order valence-corrected chi connectivity index (χ0v) is 14.7. The van der Waals surface area contributed by atoms with Crippen LogP contribution in [0.25, 0.3) is 0 Å². The van der Waals surface area contributed by atoms with Crippen molar-refractivity contribution in [1.82, 2.24) is 0 Å². The van der Waals surface area contributed by atoms with Crippen molar-refractivity contribution in [2.24, 2.45) is 0 Å². The van der Waals surface area contributed by atoms with Crippen LogP contribution in [0.3, 0.4) is 0 Å². The fraction of sp³-hybridized carbons (Fsp3) is 0.350. The van der Waals surface area contributed by atoms with Gasteiger partial charge in [0, 0.05) is 29.6 Å². The van der Waals surface area contributed by atoms with Gasteiger partial charge in [-0.15, -0.1) is 0 Å². The summed E-state index contributed by atoms with van der Waals surface area (Å²) in [7, 11) is 3.17. The molecule has 0 saturated heterocycles. The van der Waals surface area contributed by atoms with Crippen molar-refractivity contribution < 1.29 is 14.3 Å². The number of hydrogen-bond acceptors (Lipinski definition) is 4. The molecule has 132 valence electrons. The third kappa shape index (κ3) is 4.24. The highest BCUT2D eigenvalue weighted by molar-refractivity contribution is 5.94. The first-order valence-corrected chi connectivity index (χ1v) is 8.57. The maximum atomic E-state index is 12.3. The zero-order valence-electron chi connectivity index (χ0n) is 14.7. The summed E-state index contributed by atoms with van der Waals surface area (Å²) >= 11 is 0. The maximum absolute atomic E-state index is 12.3. The number of amides is 1. The third-order valence-electron chi connectivity index (χ3n) is 4.47. The van der Waals surface area contributed by atoms with Crippen molar-refractivity contribution in [3.05, 3.63) is 47.5 Å². The van der Waals surface area contributed by atoms with Crippen molar-refractivity contribution in [2.75, 3.05) is 31.4 Å². The molecule has 1 aliphatic rings. The summed E-state index contributed by atoms with van der Waals surface area (Å²) in [5, 5.41) is 6.16. The summed E-state index contributed by atoms with van der Waals surface area (Å²) in [6, 6.07) is 11.6. The fourth-order valence-electron chi connectivity index (χ4n) is 3.21. The molecule has 0 heterocycles. The molecule has 0 atom stereocenters. The highest BCUT2D eigenvalue weighted by atomic mass is 16.5. The van der Waals surface area contributed by atoms with Crippen molar-refractivity contribution in [1.29, 1.82) is 0 Å². The molecule has 0 unspecified atom stereocenters. The summed E-state index contributed by atoms with van der Waals surface area (Å²) in [5.74, 6) is 1.17. The first kappa shape index (κ1) is 17.1. The van der Waals surface area contributed by atoms with Crippen LogP contribution in [0.1, 0.15) is 24.0 Å². The molecule has 25 heavy (non-hydrogen) atoms. The molecular weight excluding hydrogens is 316 g/mol. The van der Waals surface area contributed by atoms with Crippen LogP contribution in [-0.2, 0) is 17.6 Å². The van der Waals surface area contributed by atoms with E-state index in [1.165, 1.54) is 24.0 Å². The van der Waals surface area contributed by atoms with E-state index in [1.807, 2.05) is 6.07 Å². The van der Waals surface area contributed by atoms with Crippen molar-refractivity contribution in [3.8, 4) is 11.5 Å². The van der Waals surface area contributed by atoms with E-state index in [9.17, 15) is 4.79 Å². The molecule has 0 aliphatic heterocycles. The standard InChI is InChI=1S/C20H24N2O3/c1-24-16-10-15(11-17(12-16)25-2)22-20(23)13-21-19-9-5-7-14-6-3-4-8-18(14)19/h5,7,9-12,21H,3-4,6,8,13H2,1-2H3,(H,22,23). The Kier molecular flexibility index (Phi) is 5.43. The number of aryl methyl sites for hydroxylation is 1. The smallest absolute Gasteiger partial charge is 0.243 e. The van der Waals surface area contributed by atoms with Crippen LogP contribution in [0, 0.1) is 0 Å². The van der Waals surface area contributed by atoms with Crippen LogP contribution in [0.4, 0.5) is 11.4 Å². The van der Waals surface area contributed by atoms with Crippen LogP contribution >= 0.6 is 0 Å². The van der Waals surface area contributed by atoms with Crippen LogP contribution in [0.2, 0.25) is 0 Å². The van der Waals surface area contributed by atoms with Crippen molar-refractivity contribution in [2.45, 2.75) is 25.7 Å². The Balaban J connectivity index is 1.64. The second kappa shape index (κ2) is 7.92. The fourth-order valence-corrected chi connectivity index (χ4v) is 3.21. The van der Waals surface area contributed by atoms with E-state index in [0.717, 1.165) is 18.5 Å². The molecule has 0 bridgehead atoms. The number of ether oxygens (including phenoxy) is 2. The Morgan fingerprint density at radius 1 is 1.04 bits per heavy atom. The van der Waals surface area contributed by atoms with E-state index in [0.29, 0.717) is 17.2 Å². The lowest BCUT2D eigenvalue weighted by Gasteiger charge is -2.20. The molecule has 2 aromatic rings. The summed E-state index contributed by atoms with van der Waals surface area (Å²) in [6.45, 7) is 0.218. The van der Waals surface area contributed by atoms with Gasteiger partial charge in [-0.1, -0.05) is 12.1 Å². The van der Waals surface area contributed by atoms with Crippen LogP contribution in [-0.4, -0.2) is 26.7 Å². The van der Waals surface area contributed by atoms with Gasteiger partial charge in [-0.3, -0.25) is 4.79 Å². The molecule has 2 N–H and O–H groups in total. The highest BCUT2D eigenvalue weighted by Gasteiger charge is 2.13. The number of hydrogen-bond donors (Lipinski definition) is 2. The number of anilines is 2. The molecule has 0 aromatic heterocycles. The van der Waals surface area contributed by atoms with E-state index in [1.54, 1.807) is 32.4 Å². The molecule has 3 rings (SSSR count). The van der Waals surface area contributed by atoms with Gasteiger partial charge >= 0.3 is 0 Å². The number of carbonyl (C=O) groups is 1. The summed E-state index contributed by atoms with van der Waals surface area (Å²) in [4.78, 5) is 12.3. The van der Waals surface area contributed by atoms with Crippen molar-refractivity contribution in [3.63, 3.8) is 0 Å². The molecule has 1 amide bonds. The minimum Gasteiger partial charge on any atom is -0.497 e. The first-order valence-electron chi connectivity index (χ1n) is 8.57. The molecule has 1 aliphatic carbocycles. The Bertz CT molecular complexity index is 736. The molecule has 0 saturated carbocycles. The van der Waals surface area contributed by atoms with Gasteiger partial charge in [-0.05, 0) is 42.9 Å². The lowest BCUT2D eigenvalue weighted by Crippen LogP contribution is -2.22. The van der Waals surface area contributed by atoms with Crippen molar-refractivity contribution >= 4 is 17.3 Å². The van der Waals surface area contributed by atoms with E-state index >= 15 is 0 Å². The topological polar surface area (TPSA) is 59.6 Å². The van der Waals surface area contributed by atoms with Gasteiger partial charge in [-0.25, -0.2) is 0 Å². The minimum atomic E-state index is -0.108. The van der Waals surface area contributed by atoms with Gasteiger partial charge in [0.05, 0.1) is 20.8 Å². The zero-order chi connectivity index (χ0) is 17.6. The Morgan fingerprint density at radius 2 is 1.76 bits per heavy atom. The number of carbonyl (C=O) groups excluding carboxylic acids is 1. The first-order chi connectivity index (χ1) is 12.2. The molecule has 2 aromatic carbocycles. The lowest BCUT2D eigenvalue weighted by atomic mass is 9.90. The van der Waals surface area contributed by atoms with E-state index in [-0.39, 0.29) is 12.5 Å². The minimum absolute atomic E-state index is 0.108. The van der Waals surface area contributed by atoms with E-state index < -0.39 is 0 Å². The van der Waals surface area contributed by atoms with Gasteiger partial charge < -0.3 is 20.1 Å². The summed E-state index contributed by atoms with van der Waals surface area (Å²) in [6.07, 6.45) is 4.66. The van der Waals surface area contributed by atoms with Gasteiger partial charge in [0.1, 0.15) is 11.5 Å². The Hall–Kier alpha value is -2.69. The predicted molar refractivity (Wildman–Crippen MR) is 99.7 cm³/mol. The average Bonchev–Trinajstić information content (AvgIpc) is 2.65. The molecular formula is C20H24N2O3. The molecule has 5 nitrogen and oxygen atoms in total. The van der Waals surface area contributed by atoms with Gasteiger partial charge in [0.2, 0.25) is 5.91 Å². The SMILES string of the molecule is COc1cc(NC(=O)CNc2cccc3c2CCCC3)cc(OC)c1. The second-order valence-electron chi connectivity index (χ2n) is 6.15. The normalized spacial score (nSPS) is 12.9. The van der Waals surface area contributed by atoms with Crippen LogP contribution in [0.5, 0.6) is 11.5 Å². The number of methoxy groups -OCH3 is 2. The van der Waals surface area contributed by atoms with Crippen LogP contribution < -0.4 is 20.1 Å². The third-order valence-corrected chi connectivity index (χ3v) is 4.47. The largest absolute Gasteiger partial charge is 0.497 e. The summed E-state index contributed by atoms with van der Waals surface area (Å²) < 4.78 is 10.4. The van der Waals surface area contributed by atoms with Gasteiger partial charge in [0.15, 0.2) is 0 Å². The van der Waals surface area contributed by atoms with Gasteiger partial charge in [0.25, 0.3) is 0 Å². The molecule has 5 heteroatoms. The Labute approximate surface area is 148 Å². The summed E-state index contributed by atoms with van der Waals surface area (Å²) in [5.41, 5.74) is 4.47. The monoisotopic (exact) mass is 340 g/mol. The highest BCUT2D eigenvalue weighted by Crippen LogP contribution is 2.28. The van der Waals surface area contributed by atoms with E-state index in [4.69, 9.17) is 9.47 Å². The quantitative estimate of drug-likeness (QED) is 0.843. The lowest BCUT2D eigenvalue weighted by molar-refractivity contribution is -0.114. The number of rotatable bonds is 6. The number of fused-ring (bicyclic) bond motifs is 1. The molecule has 0 radical (unpaired) electrons. The maximum Gasteiger partial charge on any atom is 0.243 e. The van der Waals surface area contributed by atoms with Gasteiger partial charge in [-0.2, -0.15) is 0 Å². The second-order valence-corrected chi connectivity index (χ2v) is 6.15. The van der Waals surface area contributed by atoms with E-state index in [2.05, 4.69) is 22.8 Å². The van der Waals surface area contributed by atoms with Crippen LogP contribution in [0.15, 0.2) is 36.4 Å². The number of nitrogens with one attached hydrogen (secondary N) is 2. The number of benzene rings is 2. The average molecular weight is 340 g/mol. The Morgan fingerprint density at radius 3 is 2.48 bits per heavy atom. The predicted octanol–water partition coefficient (Wildman–Crippen LogP) is 3.63.